The second-order valence-electron chi connectivity index (χ2n) is 23.2. The van der Waals surface area contributed by atoms with Gasteiger partial charge in [0.15, 0.2) is 0 Å². The Kier molecular flexibility index (Phi) is 28.5. The van der Waals surface area contributed by atoms with Crippen molar-refractivity contribution in [1.29, 1.82) is 0 Å². The SMILES string of the molecule is CSc1cn(-c2ncc(-c3ccccc3F)cn2)c2cc(C(=O)O)ccc12.[Pd].c1ccc(P(c2ccccc2)c2ccccc2)cc1.c1ccc(P(c2ccccc2)c2ccccc2)cc1.c1ccc(P(c2ccccc2)c2ccccc2)cc1.c1ccc(P(c2ccccc2)c2ccccc2)cc1. The number of aromatic carboxylic acids is 1. The van der Waals surface area contributed by atoms with E-state index in [2.05, 4.69) is 374 Å². The molecule has 104 heavy (non-hydrogen) atoms. The van der Waals surface area contributed by atoms with Crippen LogP contribution in [0, 0.1) is 5.82 Å². The van der Waals surface area contributed by atoms with E-state index in [0.717, 1.165) is 10.3 Å². The van der Waals surface area contributed by atoms with E-state index in [-0.39, 0.29) is 31.8 Å². The molecule has 512 valence electrons. The Morgan fingerprint density at radius 1 is 0.337 bits per heavy atom. The molecule has 5 nitrogen and oxygen atoms in total. The van der Waals surface area contributed by atoms with Crippen LogP contribution in [-0.4, -0.2) is 31.9 Å². The number of halogens is 1. The van der Waals surface area contributed by atoms with E-state index in [1.165, 1.54) is 69.7 Å². The summed E-state index contributed by atoms with van der Waals surface area (Å²) in [6.45, 7) is 0. The Labute approximate surface area is 633 Å². The molecule has 0 aliphatic carbocycles. The first-order valence-corrected chi connectivity index (χ1v) is 40.3. The molecule has 0 atom stereocenters. The van der Waals surface area contributed by atoms with Gasteiger partial charge < -0.3 is 5.11 Å². The van der Waals surface area contributed by atoms with Crippen LogP contribution in [-0.2, 0) is 20.4 Å². The second kappa shape index (κ2) is 39.5. The molecule has 0 aliphatic rings. The van der Waals surface area contributed by atoms with Crippen molar-refractivity contribution in [2.24, 2.45) is 0 Å². The summed E-state index contributed by atoms with van der Waals surface area (Å²) in [5.74, 6) is -0.940. The second-order valence-corrected chi connectivity index (χ2v) is 33.0. The van der Waals surface area contributed by atoms with Gasteiger partial charge in [-0.1, -0.05) is 388 Å². The number of carboxylic acids is 1. The van der Waals surface area contributed by atoms with Gasteiger partial charge in [0, 0.05) is 60.4 Å². The number of thioether (sulfide) groups is 1. The first-order chi connectivity index (χ1) is 50.9. The minimum Gasteiger partial charge on any atom is -0.478 e. The predicted octanol–water partition coefficient (Wildman–Crippen LogP) is 18.4. The molecule has 0 bridgehead atoms. The van der Waals surface area contributed by atoms with Crippen molar-refractivity contribution in [3.63, 3.8) is 0 Å². The van der Waals surface area contributed by atoms with Gasteiger partial charge in [-0.3, -0.25) is 4.57 Å². The summed E-state index contributed by atoms with van der Waals surface area (Å²) in [6.07, 6.45) is 6.95. The van der Waals surface area contributed by atoms with Crippen LogP contribution in [0.25, 0.3) is 28.0 Å². The van der Waals surface area contributed by atoms with Crippen LogP contribution in [0.15, 0.2) is 430 Å². The van der Waals surface area contributed by atoms with Crippen LogP contribution >= 0.6 is 43.4 Å². The number of fused-ring (bicyclic) bond motifs is 1. The monoisotopic (exact) mass is 1530 g/mol. The first kappa shape index (κ1) is 75.0. The molecule has 0 amide bonds. The number of hydrogen-bond donors (Lipinski definition) is 1. The maximum atomic E-state index is 14.0. The minimum atomic E-state index is -0.994. The maximum absolute atomic E-state index is 14.0. The van der Waals surface area contributed by atoms with Crippen LogP contribution in [0.3, 0.4) is 0 Å². The average Bonchev–Trinajstić information content (AvgIpc) is 1.58. The summed E-state index contributed by atoms with van der Waals surface area (Å²) < 4.78 is 15.7. The van der Waals surface area contributed by atoms with Crippen LogP contribution < -0.4 is 63.7 Å². The Hall–Kier alpha value is -10.2. The molecule has 0 unspecified atom stereocenters. The van der Waals surface area contributed by atoms with E-state index < -0.39 is 37.7 Å². The molecule has 0 fully saturated rings. The van der Waals surface area contributed by atoms with Crippen molar-refractivity contribution in [2.75, 3.05) is 6.26 Å². The topological polar surface area (TPSA) is 68.0 Å². The molecule has 0 saturated heterocycles. The zero-order valence-electron chi connectivity index (χ0n) is 57.0. The van der Waals surface area contributed by atoms with Crippen molar-refractivity contribution in [2.45, 2.75) is 4.90 Å². The van der Waals surface area contributed by atoms with Gasteiger partial charge in [-0.15, -0.1) is 11.8 Å². The largest absolute Gasteiger partial charge is 0.478 e. The first-order valence-electron chi connectivity index (χ1n) is 33.7. The normalized spacial score (nSPS) is 10.6. The van der Waals surface area contributed by atoms with E-state index in [9.17, 15) is 14.3 Å². The molecular weight excluding hydrogens is 1460 g/mol. The fourth-order valence-corrected chi connectivity index (χ4v) is 21.5. The van der Waals surface area contributed by atoms with E-state index in [4.69, 9.17) is 0 Å². The Bertz CT molecular complexity index is 4310. The van der Waals surface area contributed by atoms with Crippen molar-refractivity contribution >= 4 is 124 Å². The molecule has 0 spiro atoms. The fraction of sp³-hybridized carbons (Fsp3) is 0.0109. The molecule has 1 N–H and O–H groups in total. The van der Waals surface area contributed by atoms with Crippen molar-refractivity contribution < 1.29 is 34.7 Å². The van der Waals surface area contributed by atoms with Gasteiger partial charge in [-0.05, 0) is 120 Å². The van der Waals surface area contributed by atoms with Crippen LogP contribution in [0.4, 0.5) is 4.39 Å². The van der Waals surface area contributed by atoms with Crippen LogP contribution in [0.5, 0.6) is 0 Å². The minimum absolute atomic E-state index is 0. The quantitative estimate of drug-likeness (QED) is 0.0593. The van der Waals surface area contributed by atoms with Gasteiger partial charge in [0.25, 0.3) is 0 Å². The molecule has 0 radical (unpaired) electrons. The Morgan fingerprint density at radius 2 is 0.567 bits per heavy atom. The van der Waals surface area contributed by atoms with Gasteiger partial charge >= 0.3 is 5.97 Å². The van der Waals surface area contributed by atoms with Crippen LogP contribution in [0.1, 0.15) is 10.4 Å². The van der Waals surface area contributed by atoms with Crippen molar-refractivity contribution in [3.8, 4) is 17.1 Å². The maximum Gasteiger partial charge on any atom is 0.335 e. The zero-order valence-corrected chi connectivity index (χ0v) is 63.0. The van der Waals surface area contributed by atoms with Gasteiger partial charge in [-0.2, -0.15) is 0 Å². The van der Waals surface area contributed by atoms with Gasteiger partial charge in [0.2, 0.25) is 5.95 Å². The third-order valence-electron chi connectivity index (χ3n) is 16.4. The molecule has 14 aromatic carbocycles. The molecule has 2 aromatic heterocycles. The number of nitrogens with zero attached hydrogens (tertiary/aromatic N) is 3. The van der Waals surface area contributed by atoms with Crippen molar-refractivity contribution in [1.82, 2.24) is 14.5 Å². The van der Waals surface area contributed by atoms with Crippen LogP contribution in [0.2, 0.25) is 0 Å². The average molecular weight is 1540 g/mol. The van der Waals surface area contributed by atoms with E-state index in [1.807, 2.05) is 12.5 Å². The van der Waals surface area contributed by atoms with E-state index in [1.54, 1.807) is 65.1 Å². The number of benzene rings is 14. The number of carboxylic acid groups (broad SMARTS) is 1. The Balaban J connectivity index is 0.000000131. The molecule has 16 rings (SSSR count). The van der Waals surface area contributed by atoms with Crippen molar-refractivity contribution in [3.05, 3.63) is 436 Å². The number of aromatic nitrogens is 3. The predicted molar refractivity (Wildman–Crippen MR) is 444 cm³/mol. The third kappa shape index (κ3) is 20.2. The zero-order chi connectivity index (χ0) is 70.6. The summed E-state index contributed by atoms with van der Waals surface area (Å²) >= 11 is 1.56. The number of hydrogen-bond acceptors (Lipinski definition) is 4. The van der Waals surface area contributed by atoms with Gasteiger partial charge in [-0.25, -0.2) is 19.2 Å². The molecule has 0 saturated carbocycles. The van der Waals surface area contributed by atoms with Gasteiger partial charge in [0.05, 0.1) is 11.1 Å². The fourth-order valence-electron chi connectivity index (χ4n) is 11.7. The van der Waals surface area contributed by atoms with Gasteiger partial charge in [0.1, 0.15) is 5.82 Å². The molecule has 16 aromatic rings. The van der Waals surface area contributed by atoms with E-state index in [0.29, 0.717) is 22.6 Å². The summed E-state index contributed by atoms with van der Waals surface area (Å²) in [7, 11) is -1.78. The summed E-state index contributed by atoms with van der Waals surface area (Å²) in [6, 6.07) is 141. The number of carbonyl (C=O) groups is 1. The standard InChI is InChI=1S/C20H14FN3O2S.4C18H15P.Pd/c1-27-18-11-24(17-8-12(19(25)26)6-7-15(17)18)20-22-9-13(10-23-20)14-4-2-3-5-16(14)21;4*1-4-10-16(11-5-1)19(17-12-6-2-7-13-17)18-14-8-3-9-15-18;/h2-11H,1H3,(H,25,26);4*1-15H;. The molecule has 0 aliphatic heterocycles. The summed E-state index contributed by atoms with van der Waals surface area (Å²) in [5, 5.41) is 27.0. The third-order valence-corrected chi connectivity index (χ3v) is 27.0. The smallest absolute Gasteiger partial charge is 0.335 e. The molecule has 2 heterocycles. The Morgan fingerprint density at radius 3 is 0.788 bits per heavy atom. The number of rotatable bonds is 16. The molecule has 12 heteroatoms. The van der Waals surface area contributed by atoms with E-state index >= 15 is 0 Å². The summed E-state index contributed by atoms with van der Waals surface area (Å²) in [5.41, 5.74) is 1.90. The molecular formula is C92H74FN3O2P4PdS. The summed E-state index contributed by atoms with van der Waals surface area (Å²) in [4.78, 5) is 21.0.